The Morgan fingerprint density at radius 2 is 1.76 bits per heavy atom. The molecule has 108 valence electrons. The number of hydrogen-bond donors (Lipinski definition) is 0. The number of benzene rings is 2. The molecule has 1 fully saturated rings. The summed E-state index contributed by atoms with van der Waals surface area (Å²) in [6.07, 6.45) is 3.15. The van der Waals surface area contributed by atoms with E-state index < -0.39 is 0 Å². The molecule has 21 heavy (non-hydrogen) atoms. The Bertz CT molecular complexity index is 622. The van der Waals surface area contributed by atoms with Gasteiger partial charge in [0.2, 0.25) is 0 Å². The van der Waals surface area contributed by atoms with Gasteiger partial charge in [0.1, 0.15) is 0 Å². The van der Waals surface area contributed by atoms with Gasteiger partial charge in [-0.05, 0) is 37.0 Å². The Hall–Kier alpha value is -1.80. The molecule has 0 spiro atoms. The Labute approximate surface area is 127 Å². The van der Waals surface area contributed by atoms with Crippen molar-refractivity contribution < 1.29 is 0 Å². The fourth-order valence-electron chi connectivity index (χ4n) is 3.92. The minimum atomic E-state index is 0.463. The van der Waals surface area contributed by atoms with Gasteiger partial charge >= 0.3 is 0 Å². The molecular formula is C19H22N2. The van der Waals surface area contributed by atoms with Crippen LogP contribution in [0.4, 0.5) is 5.69 Å². The minimum absolute atomic E-state index is 0.463. The molecule has 2 aromatic carbocycles. The number of anilines is 1. The first-order valence-corrected chi connectivity index (χ1v) is 8.00. The molecule has 0 amide bonds. The van der Waals surface area contributed by atoms with Crippen LogP contribution in [0.25, 0.3) is 0 Å². The Morgan fingerprint density at radius 1 is 1.00 bits per heavy atom. The summed E-state index contributed by atoms with van der Waals surface area (Å²) in [6, 6.07) is 20.3. The van der Waals surface area contributed by atoms with E-state index in [0.29, 0.717) is 12.2 Å². The first-order chi connectivity index (χ1) is 10.3. The van der Waals surface area contributed by atoms with Crippen molar-refractivity contribution >= 4 is 5.69 Å². The minimum Gasteiger partial charge on any atom is -0.355 e. The Balaban J connectivity index is 1.70. The van der Waals surface area contributed by atoms with Crippen molar-refractivity contribution in [3.05, 3.63) is 65.7 Å². The SMILES string of the molecule is CC(c1ccccc1)N1Cc2ccccc2N2CCCC21. The Kier molecular flexibility index (Phi) is 3.19. The normalized spacial score (nSPS) is 22.7. The predicted octanol–water partition coefficient (Wildman–Crippen LogP) is 4.19. The number of fused-ring (bicyclic) bond motifs is 3. The standard InChI is InChI=1S/C19H22N2/c1-15(16-8-3-2-4-9-16)21-14-17-10-5-6-11-18(17)20-13-7-12-19(20)21/h2-6,8-11,15,19H,7,12-14H2,1H3. The second-order valence-electron chi connectivity index (χ2n) is 6.20. The van der Waals surface area contributed by atoms with Crippen LogP contribution >= 0.6 is 0 Å². The van der Waals surface area contributed by atoms with Crippen LogP contribution in [0, 0.1) is 0 Å². The molecule has 1 saturated heterocycles. The summed E-state index contributed by atoms with van der Waals surface area (Å²) in [6.45, 7) is 4.60. The lowest BCUT2D eigenvalue weighted by atomic mass is 10.0. The van der Waals surface area contributed by atoms with Gasteiger partial charge in [-0.1, -0.05) is 48.5 Å². The van der Waals surface area contributed by atoms with E-state index in [2.05, 4.69) is 71.3 Å². The van der Waals surface area contributed by atoms with Gasteiger partial charge in [-0.3, -0.25) is 4.90 Å². The third kappa shape index (κ3) is 2.14. The highest BCUT2D eigenvalue weighted by Gasteiger charge is 2.37. The van der Waals surface area contributed by atoms with E-state index in [-0.39, 0.29) is 0 Å². The molecule has 0 aromatic heterocycles. The number of nitrogens with zero attached hydrogens (tertiary/aromatic N) is 2. The first-order valence-electron chi connectivity index (χ1n) is 8.00. The number of para-hydroxylation sites is 1. The van der Waals surface area contributed by atoms with E-state index in [1.165, 1.54) is 36.2 Å². The molecule has 0 bridgehead atoms. The van der Waals surface area contributed by atoms with Crippen molar-refractivity contribution in [1.82, 2.24) is 4.90 Å². The predicted molar refractivity (Wildman–Crippen MR) is 87.2 cm³/mol. The molecule has 2 aliphatic rings. The summed E-state index contributed by atoms with van der Waals surface area (Å²) >= 11 is 0. The van der Waals surface area contributed by atoms with E-state index in [0.717, 1.165) is 6.54 Å². The topological polar surface area (TPSA) is 6.48 Å². The van der Waals surface area contributed by atoms with Crippen LogP contribution in [0.15, 0.2) is 54.6 Å². The number of rotatable bonds is 2. The van der Waals surface area contributed by atoms with Crippen molar-refractivity contribution in [1.29, 1.82) is 0 Å². The Morgan fingerprint density at radius 3 is 2.62 bits per heavy atom. The second kappa shape index (κ2) is 5.19. The summed E-state index contributed by atoms with van der Waals surface area (Å²) in [5, 5.41) is 0. The highest BCUT2D eigenvalue weighted by atomic mass is 15.4. The van der Waals surface area contributed by atoms with Gasteiger partial charge in [0.15, 0.2) is 0 Å². The average Bonchev–Trinajstić information content (AvgIpc) is 3.04. The molecule has 2 heterocycles. The van der Waals surface area contributed by atoms with Gasteiger partial charge in [0.05, 0.1) is 6.17 Å². The maximum Gasteiger partial charge on any atom is 0.0829 e. The molecule has 0 N–H and O–H groups in total. The lowest BCUT2D eigenvalue weighted by Gasteiger charge is -2.45. The van der Waals surface area contributed by atoms with Crippen LogP contribution < -0.4 is 4.90 Å². The molecule has 2 aliphatic heterocycles. The van der Waals surface area contributed by atoms with Crippen LogP contribution in [-0.4, -0.2) is 17.6 Å². The molecule has 2 nitrogen and oxygen atoms in total. The van der Waals surface area contributed by atoms with Crippen molar-refractivity contribution in [3.63, 3.8) is 0 Å². The highest BCUT2D eigenvalue weighted by molar-refractivity contribution is 5.57. The molecule has 0 aliphatic carbocycles. The van der Waals surface area contributed by atoms with Crippen LogP contribution in [0.2, 0.25) is 0 Å². The van der Waals surface area contributed by atoms with Gasteiger partial charge in [-0.25, -0.2) is 0 Å². The first kappa shape index (κ1) is 12.9. The van der Waals surface area contributed by atoms with Crippen molar-refractivity contribution in [2.24, 2.45) is 0 Å². The van der Waals surface area contributed by atoms with Crippen LogP contribution in [0.5, 0.6) is 0 Å². The van der Waals surface area contributed by atoms with Gasteiger partial charge < -0.3 is 4.90 Å². The van der Waals surface area contributed by atoms with E-state index >= 15 is 0 Å². The fraction of sp³-hybridized carbons (Fsp3) is 0.368. The average molecular weight is 278 g/mol. The summed E-state index contributed by atoms with van der Waals surface area (Å²) in [5.41, 5.74) is 4.35. The third-order valence-electron chi connectivity index (χ3n) is 5.04. The van der Waals surface area contributed by atoms with Gasteiger partial charge in [0, 0.05) is 24.8 Å². The highest BCUT2D eigenvalue weighted by Crippen LogP contribution is 2.40. The van der Waals surface area contributed by atoms with Crippen LogP contribution in [-0.2, 0) is 6.54 Å². The molecule has 2 atom stereocenters. The van der Waals surface area contributed by atoms with Gasteiger partial charge in [-0.2, -0.15) is 0 Å². The zero-order chi connectivity index (χ0) is 14.2. The van der Waals surface area contributed by atoms with Crippen molar-refractivity contribution in [3.8, 4) is 0 Å². The molecule has 2 unspecified atom stereocenters. The van der Waals surface area contributed by atoms with E-state index in [1.54, 1.807) is 0 Å². The molecule has 4 rings (SSSR count). The van der Waals surface area contributed by atoms with Gasteiger partial charge in [0.25, 0.3) is 0 Å². The molecule has 0 saturated carbocycles. The van der Waals surface area contributed by atoms with E-state index in [4.69, 9.17) is 0 Å². The maximum atomic E-state index is 2.67. The summed E-state index contributed by atoms with van der Waals surface area (Å²) in [5.74, 6) is 0. The lowest BCUT2D eigenvalue weighted by molar-refractivity contribution is 0.129. The van der Waals surface area contributed by atoms with Gasteiger partial charge in [-0.15, -0.1) is 0 Å². The van der Waals surface area contributed by atoms with E-state index in [1.807, 2.05) is 0 Å². The maximum absolute atomic E-state index is 2.67. The fourth-order valence-corrected chi connectivity index (χ4v) is 3.92. The summed E-state index contributed by atoms with van der Waals surface area (Å²) in [4.78, 5) is 5.28. The lowest BCUT2D eigenvalue weighted by Crippen LogP contribution is -2.49. The van der Waals surface area contributed by atoms with E-state index in [9.17, 15) is 0 Å². The van der Waals surface area contributed by atoms with Crippen molar-refractivity contribution in [2.45, 2.75) is 38.5 Å². The monoisotopic (exact) mass is 278 g/mol. The second-order valence-corrected chi connectivity index (χ2v) is 6.20. The van der Waals surface area contributed by atoms with Crippen LogP contribution in [0.1, 0.15) is 36.9 Å². The number of hydrogen-bond acceptors (Lipinski definition) is 2. The summed E-state index contributed by atoms with van der Waals surface area (Å²) in [7, 11) is 0. The molecular weight excluding hydrogens is 256 g/mol. The molecule has 0 radical (unpaired) electrons. The third-order valence-corrected chi connectivity index (χ3v) is 5.04. The molecule has 2 heteroatoms. The molecule has 2 aromatic rings. The quantitative estimate of drug-likeness (QED) is 0.812. The summed E-state index contributed by atoms with van der Waals surface area (Å²) < 4.78 is 0. The van der Waals surface area contributed by atoms with Crippen LogP contribution in [0.3, 0.4) is 0 Å². The zero-order valence-corrected chi connectivity index (χ0v) is 12.6. The van der Waals surface area contributed by atoms with Crippen molar-refractivity contribution in [2.75, 3.05) is 11.4 Å². The largest absolute Gasteiger partial charge is 0.355 e. The smallest absolute Gasteiger partial charge is 0.0829 e. The zero-order valence-electron chi connectivity index (χ0n) is 12.6.